The maximum Gasteiger partial charge on any atom is 0.246 e. The molecule has 0 aliphatic carbocycles. The van der Waals surface area contributed by atoms with Crippen LogP contribution in [0.4, 0.5) is 5.69 Å². The number of anilines is 1. The molecule has 3 nitrogen and oxygen atoms in total. The first-order chi connectivity index (χ1) is 8.58. The number of benzene rings is 1. The molecule has 1 atom stereocenters. The van der Waals surface area contributed by atoms with Crippen molar-refractivity contribution in [1.82, 2.24) is 0 Å². The van der Waals surface area contributed by atoms with E-state index in [-0.39, 0.29) is 5.91 Å². The van der Waals surface area contributed by atoms with Gasteiger partial charge in [-0.1, -0.05) is 6.07 Å². The molecule has 0 radical (unpaired) electrons. The van der Waals surface area contributed by atoms with Gasteiger partial charge in [0, 0.05) is 18.6 Å². The Hall–Kier alpha value is -0.440. The van der Waals surface area contributed by atoms with Crippen LogP contribution in [0.15, 0.2) is 40.2 Å². The van der Waals surface area contributed by atoms with Crippen molar-refractivity contribution in [2.24, 2.45) is 5.73 Å². The second kappa shape index (κ2) is 6.14. The molecule has 1 heterocycles. The predicted molar refractivity (Wildman–Crippen MR) is 86.7 cm³/mol. The van der Waals surface area contributed by atoms with Gasteiger partial charge in [-0.2, -0.15) is 0 Å². The van der Waals surface area contributed by atoms with Gasteiger partial charge in [0.25, 0.3) is 0 Å². The van der Waals surface area contributed by atoms with E-state index < -0.39 is 6.04 Å². The predicted octanol–water partition coefficient (Wildman–Crippen LogP) is 3.75. The lowest BCUT2D eigenvalue weighted by Gasteiger charge is -2.11. The van der Waals surface area contributed by atoms with Gasteiger partial charge in [0.1, 0.15) is 6.04 Å². The molecule has 3 N–H and O–H groups in total. The lowest BCUT2D eigenvalue weighted by Crippen LogP contribution is -2.26. The summed E-state index contributed by atoms with van der Waals surface area (Å²) in [6.45, 7) is 0. The van der Waals surface area contributed by atoms with Crippen molar-refractivity contribution < 1.29 is 4.79 Å². The molecular formula is C12H10BrIN2OS. The highest BCUT2D eigenvalue weighted by atomic mass is 127. The van der Waals surface area contributed by atoms with E-state index in [0.717, 1.165) is 18.6 Å². The SMILES string of the molecule is NC(C(=O)Nc1ccc(Br)c(I)c1)c1cccs1. The summed E-state index contributed by atoms with van der Waals surface area (Å²) in [6.07, 6.45) is 0. The number of nitrogens with one attached hydrogen (secondary N) is 1. The number of carbonyl (C=O) groups is 1. The molecule has 0 fully saturated rings. The van der Waals surface area contributed by atoms with E-state index in [1.165, 1.54) is 11.3 Å². The molecule has 0 bridgehead atoms. The molecule has 94 valence electrons. The summed E-state index contributed by atoms with van der Waals surface area (Å²) in [5.74, 6) is -0.199. The molecule has 0 aliphatic heterocycles. The van der Waals surface area contributed by atoms with E-state index in [2.05, 4.69) is 43.8 Å². The summed E-state index contributed by atoms with van der Waals surface area (Å²) in [7, 11) is 0. The average molecular weight is 437 g/mol. The Labute approximate surface area is 131 Å². The number of halogens is 2. The van der Waals surface area contributed by atoms with Gasteiger partial charge in [-0.05, 0) is 68.2 Å². The minimum absolute atomic E-state index is 0.199. The maximum absolute atomic E-state index is 12.0. The maximum atomic E-state index is 12.0. The van der Waals surface area contributed by atoms with Crippen LogP contribution in [0.25, 0.3) is 0 Å². The molecule has 0 spiro atoms. The number of thiophene rings is 1. The lowest BCUT2D eigenvalue weighted by molar-refractivity contribution is -0.117. The molecule has 1 amide bonds. The van der Waals surface area contributed by atoms with E-state index in [1.54, 1.807) is 0 Å². The molecule has 2 rings (SSSR count). The molecule has 2 aromatic rings. The number of amides is 1. The zero-order valence-electron chi connectivity index (χ0n) is 9.19. The molecule has 1 aromatic carbocycles. The minimum atomic E-state index is -0.619. The minimum Gasteiger partial charge on any atom is -0.324 e. The Morgan fingerprint density at radius 1 is 1.44 bits per heavy atom. The van der Waals surface area contributed by atoms with Crippen LogP contribution in [0.1, 0.15) is 10.9 Å². The average Bonchev–Trinajstić information content (AvgIpc) is 2.86. The van der Waals surface area contributed by atoms with Crippen LogP contribution in [0.3, 0.4) is 0 Å². The van der Waals surface area contributed by atoms with Crippen LogP contribution in [0.5, 0.6) is 0 Å². The molecular weight excluding hydrogens is 427 g/mol. The summed E-state index contributed by atoms with van der Waals surface area (Å²) in [6, 6.07) is 8.75. The van der Waals surface area contributed by atoms with E-state index in [0.29, 0.717) is 0 Å². The smallest absolute Gasteiger partial charge is 0.246 e. The van der Waals surface area contributed by atoms with Crippen molar-refractivity contribution in [3.8, 4) is 0 Å². The summed E-state index contributed by atoms with van der Waals surface area (Å²) in [4.78, 5) is 12.8. The fourth-order valence-electron chi connectivity index (χ4n) is 1.39. The summed E-state index contributed by atoms with van der Waals surface area (Å²) in [5.41, 5.74) is 6.64. The van der Waals surface area contributed by atoms with Crippen LogP contribution in [-0.2, 0) is 4.79 Å². The fourth-order valence-corrected chi connectivity index (χ4v) is 2.88. The van der Waals surface area contributed by atoms with Crippen LogP contribution < -0.4 is 11.1 Å². The Balaban J connectivity index is 2.09. The highest BCUT2D eigenvalue weighted by Crippen LogP contribution is 2.24. The molecule has 0 saturated heterocycles. The van der Waals surface area contributed by atoms with E-state index in [9.17, 15) is 4.79 Å². The first-order valence-electron chi connectivity index (χ1n) is 5.13. The van der Waals surface area contributed by atoms with Gasteiger partial charge in [-0.15, -0.1) is 11.3 Å². The van der Waals surface area contributed by atoms with Crippen molar-refractivity contribution >= 4 is 61.5 Å². The number of nitrogens with two attached hydrogens (primary N) is 1. The van der Waals surface area contributed by atoms with E-state index >= 15 is 0 Å². The van der Waals surface area contributed by atoms with Gasteiger partial charge in [-0.25, -0.2) is 0 Å². The molecule has 1 unspecified atom stereocenters. The molecule has 1 aromatic heterocycles. The van der Waals surface area contributed by atoms with Crippen molar-refractivity contribution in [3.63, 3.8) is 0 Å². The number of hydrogen-bond donors (Lipinski definition) is 2. The highest BCUT2D eigenvalue weighted by Gasteiger charge is 2.16. The lowest BCUT2D eigenvalue weighted by atomic mass is 10.2. The zero-order chi connectivity index (χ0) is 13.1. The molecule has 0 aliphatic rings. The second-order valence-electron chi connectivity index (χ2n) is 3.61. The normalized spacial score (nSPS) is 12.2. The van der Waals surface area contributed by atoms with Crippen molar-refractivity contribution in [1.29, 1.82) is 0 Å². The van der Waals surface area contributed by atoms with Crippen LogP contribution in [0, 0.1) is 3.57 Å². The number of rotatable bonds is 3. The fraction of sp³-hybridized carbons (Fsp3) is 0.0833. The summed E-state index contributed by atoms with van der Waals surface area (Å²) < 4.78 is 2.04. The number of hydrogen-bond acceptors (Lipinski definition) is 3. The summed E-state index contributed by atoms with van der Waals surface area (Å²) in [5, 5.41) is 4.72. The molecule has 0 saturated carbocycles. The largest absolute Gasteiger partial charge is 0.324 e. The molecule has 18 heavy (non-hydrogen) atoms. The zero-order valence-corrected chi connectivity index (χ0v) is 13.8. The van der Waals surface area contributed by atoms with Crippen LogP contribution >= 0.6 is 49.9 Å². The second-order valence-corrected chi connectivity index (χ2v) is 6.61. The first-order valence-corrected chi connectivity index (χ1v) is 7.88. The van der Waals surface area contributed by atoms with Crippen molar-refractivity contribution in [3.05, 3.63) is 48.6 Å². The monoisotopic (exact) mass is 436 g/mol. The third-order valence-corrected chi connectivity index (χ3v) is 5.60. The van der Waals surface area contributed by atoms with Crippen molar-refractivity contribution in [2.75, 3.05) is 5.32 Å². The first kappa shape index (κ1) is 14.0. The van der Waals surface area contributed by atoms with Gasteiger partial charge in [0.2, 0.25) is 5.91 Å². The molecule has 6 heteroatoms. The van der Waals surface area contributed by atoms with Gasteiger partial charge < -0.3 is 11.1 Å². The third-order valence-electron chi connectivity index (χ3n) is 2.32. The Bertz CT molecular complexity index is 559. The Morgan fingerprint density at radius 3 is 2.83 bits per heavy atom. The standard InChI is InChI=1S/C12H10BrIN2OS/c13-8-4-3-7(6-9(8)14)16-12(17)11(15)10-2-1-5-18-10/h1-6,11H,15H2,(H,16,17). The Morgan fingerprint density at radius 2 is 2.22 bits per heavy atom. The van der Waals surface area contributed by atoms with Gasteiger partial charge in [-0.3, -0.25) is 4.79 Å². The number of carbonyl (C=O) groups excluding carboxylic acids is 1. The van der Waals surface area contributed by atoms with Crippen LogP contribution in [-0.4, -0.2) is 5.91 Å². The van der Waals surface area contributed by atoms with Gasteiger partial charge in [0.15, 0.2) is 0 Å². The van der Waals surface area contributed by atoms with Gasteiger partial charge in [0.05, 0.1) is 0 Å². The van der Waals surface area contributed by atoms with Gasteiger partial charge >= 0.3 is 0 Å². The van der Waals surface area contributed by atoms with Crippen molar-refractivity contribution in [2.45, 2.75) is 6.04 Å². The van der Waals surface area contributed by atoms with Crippen LogP contribution in [0.2, 0.25) is 0 Å². The Kier molecular flexibility index (Phi) is 4.77. The topological polar surface area (TPSA) is 55.1 Å². The van der Waals surface area contributed by atoms with E-state index in [1.807, 2.05) is 35.7 Å². The summed E-state index contributed by atoms with van der Waals surface area (Å²) >= 11 is 7.09. The van der Waals surface area contributed by atoms with E-state index in [4.69, 9.17) is 5.73 Å². The third kappa shape index (κ3) is 3.31. The highest BCUT2D eigenvalue weighted by molar-refractivity contribution is 14.1. The quantitative estimate of drug-likeness (QED) is 0.720.